The van der Waals surface area contributed by atoms with Gasteiger partial charge >= 0.3 is 11.7 Å². The number of imide groups is 1. The molecule has 0 radical (unpaired) electrons. The van der Waals surface area contributed by atoms with E-state index in [1.54, 1.807) is 6.92 Å². The first-order chi connectivity index (χ1) is 30.9. The Labute approximate surface area is 391 Å². The van der Waals surface area contributed by atoms with E-state index in [9.17, 15) is 29.4 Å². The number of urea groups is 1. The van der Waals surface area contributed by atoms with E-state index >= 15 is 0 Å². The van der Waals surface area contributed by atoms with E-state index in [1.807, 2.05) is 60.7 Å². The maximum atomic E-state index is 14.7. The average Bonchev–Trinajstić information content (AvgIpc) is 3.83. The van der Waals surface area contributed by atoms with Crippen LogP contribution in [0.2, 0.25) is 36.3 Å². The molecule has 1 aromatic heterocycles. The molecule has 0 unspecified atom stereocenters. The van der Waals surface area contributed by atoms with Gasteiger partial charge in [0.15, 0.2) is 16.6 Å². The number of aliphatic hydroxyl groups is 2. The van der Waals surface area contributed by atoms with Crippen LogP contribution in [-0.4, -0.2) is 115 Å². The van der Waals surface area contributed by atoms with E-state index < -0.39 is 95.4 Å². The fourth-order valence-corrected chi connectivity index (χ4v) is 10.4. The highest BCUT2D eigenvalue weighted by atomic mass is 28.4. The maximum absolute atomic E-state index is 14.7. The molecule has 3 saturated heterocycles. The Balaban J connectivity index is 1.38. The molecule has 0 aliphatic carbocycles. The third-order valence-electron chi connectivity index (χ3n) is 14.2. The SMILES string of the molecule is CC(C)(C)[Si](C)(C)OC[C@H]1O[C@@H](n2cc(C[C@]3(C)CN([C@H]4C[C@@H](O)[C@@H](CO)O4)C(=O)N(COCc4ccccc4)C3=O)c(=O)n(COCc3ccccc3)c2=O)C[C@H]1O[Si](C)(C)C(C)(C)C. The summed E-state index contributed by atoms with van der Waals surface area (Å²) < 4.78 is 40.9. The molecular weight excluding hydrogens is 881 g/mol. The van der Waals surface area contributed by atoms with E-state index in [0.717, 1.165) is 20.6 Å². The summed E-state index contributed by atoms with van der Waals surface area (Å²) in [4.78, 5) is 60.6. The Morgan fingerprint density at radius 2 is 1.33 bits per heavy atom. The van der Waals surface area contributed by atoms with Gasteiger partial charge in [-0.05, 0) is 60.7 Å². The van der Waals surface area contributed by atoms with Crippen LogP contribution in [0, 0.1) is 5.41 Å². The first-order valence-corrected chi connectivity index (χ1v) is 28.8. The molecule has 66 heavy (non-hydrogen) atoms. The van der Waals surface area contributed by atoms with Crippen LogP contribution in [0.1, 0.15) is 84.2 Å². The number of benzene rings is 2. The Morgan fingerprint density at radius 3 is 1.88 bits per heavy atom. The number of carbonyl (C=O) groups excluding carboxylic acids is 2. The first-order valence-electron chi connectivity index (χ1n) is 23.0. The highest BCUT2D eigenvalue weighted by Crippen LogP contribution is 2.43. The molecule has 3 aromatic rings. The molecule has 364 valence electrons. The molecule has 3 fully saturated rings. The summed E-state index contributed by atoms with van der Waals surface area (Å²) >= 11 is 0. The van der Waals surface area contributed by atoms with Crippen molar-refractivity contribution in [1.82, 2.24) is 18.9 Å². The van der Waals surface area contributed by atoms with Crippen LogP contribution in [0.3, 0.4) is 0 Å². The first kappa shape index (κ1) is 51.6. The normalized spacial score (nSPS) is 25.6. The molecule has 2 N–H and O–H groups in total. The van der Waals surface area contributed by atoms with Gasteiger partial charge in [0, 0.05) is 31.1 Å². The number of carbonyl (C=O) groups is 2. The molecule has 0 saturated carbocycles. The molecule has 0 spiro atoms. The predicted molar refractivity (Wildman–Crippen MR) is 253 cm³/mol. The van der Waals surface area contributed by atoms with Crippen molar-refractivity contribution in [3.63, 3.8) is 0 Å². The minimum absolute atomic E-state index is 0.00613. The molecular formula is C48H72N4O12Si2. The number of amides is 3. The van der Waals surface area contributed by atoms with Crippen LogP contribution in [0.15, 0.2) is 76.4 Å². The number of hydrogen-bond acceptors (Lipinski definition) is 12. The van der Waals surface area contributed by atoms with E-state index in [1.165, 1.54) is 15.7 Å². The van der Waals surface area contributed by atoms with Crippen molar-refractivity contribution >= 4 is 28.6 Å². The van der Waals surface area contributed by atoms with Gasteiger partial charge < -0.3 is 38.0 Å². The molecule has 18 heteroatoms. The summed E-state index contributed by atoms with van der Waals surface area (Å²) in [5, 5.41) is 20.4. The number of aromatic nitrogens is 2. The van der Waals surface area contributed by atoms with Gasteiger partial charge in [-0.15, -0.1) is 0 Å². The van der Waals surface area contributed by atoms with Crippen molar-refractivity contribution in [1.29, 1.82) is 0 Å². The number of ether oxygens (including phenoxy) is 4. The van der Waals surface area contributed by atoms with Crippen LogP contribution in [0.4, 0.5) is 4.79 Å². The van der Waals surface area contributed by atoms with Gasteiger partial charge in [-0.25, -0.2) is 19.1 Å². The second kappa shape index (κ2) is 20.4. The second-order valence-electron chi connectivity index (χ2n) is 21.4. The summed E-state index contributed by atoms with van der Waals surface area (Å²) in [7, 11) is -4.62. The Morgan fingerprint density at radius 1 is 0.773 bits per heavy atom. The molecule has 4 heterocycles. The molecule has 7 atom stereocenters. The van der Waals surface area contributed by atoms with Gasteiger partial charge in [0.2, 0.25) is 5.91 Å². The smallest absolute Gasteiger partial charge is 0.335 e. The van der Waals surface area contributed by atoms with Gasteiger partial charge in [0.1, 0.15) is 38.1 Å². The molecule has 0 bridgehead atoms. The lowest BCUT2D eigenvalue weighted by Crippen LogP contribution is -2.64. The zero-order valence-corrected chi connectivity index (χ0v) is 42.7. The fraction of sp³-hybridized carbons (Fsp3) is 0.625. The number of hydrogen-bond donors (Lipinski definition) is 2. The predicted octanol–water partition coefficient (Wildman–Crippen LogP) is 6.34. The minimum atomic E-state index is -2.38. The Hall–Kier alpha value is -3.83. The number of aliphatic hydroxyl groups excluding tert-OH is 2. The van der Waals surface area contributed by atoms with Crippen molar-refractivity contribution < 1.29 is 47.6 Å². The third-order valence-corrected chi connectivity index (χ3v) is 23.2. The van der Waals surface area contributed by atoms with Gasteiger partial charge in [0.25, 0.3) is 5.56 Å². The van der Waals surface area contributed by atoms with Crippen molar-refractivity contribution in [2.75, 3.05) is 26.5 Å². The van der Waals surface area contributed by atoms with Crippen LogP contribution in [0.5, 0.6) is 0 Å². The van der Waals surface area contributed by atoms with E-state index in [0.29, 0.717) is 6.42 Å². The summed E-state index contributed by atoms with van der Waals surface area (Å²) in [6.45, 7) is 22.4. The summed E-state index contributed by atoms with van der Waals surface area (Å²) in [6.07, 6.45) is -3.28. The molecule has 3 amide bonds. The monoisotopic (exact) mass is 952 g/mol. The third kappa shape index (κ3) is 11.5. The van der Waals surface area contributed by atoms with Crippen LogP contribution >= 0.6 is 0 Å². The summed E-state index contributed by atoms with van der Waals surface area (Å²) in [6, 6.07) is 18.0. The highest BCUT2D eigenvalue weighted by Gasteiger charge is 2.53. The van der Waals surface area contributed by atoms with Crippen LogP contribution in [-0.2, 0) is 59.0 Å². The average molecular weight is 953 g/mol. The van der Waals surface area contributed by atoms with Gasteiger partial charge in [-0.1, -0.05) is 102 Å². The number of rotatable bonds is 18. The van der Waals surface area contributed by atoms with Crippen molar-refractivity contribution in [2.45, 2.75) is 161 Å². The van der Waals surface area contributed by atoms with Gasteiger partial charge in [0.05, 0.1) is 44.1 Å². The lowest BCUT2D eigenvalue weighted by atomic mass is 9.80. The molecule has 3 aliphatic heterocycles. The molecule has 6 rings (SSSR count). The lowest BCUT2D eigenvalue weighted by Gasteiger charge is -2.45. The fourth-order valence-electron chi connectivity index (χ4n) is 8.03. The van der Waals surface area contributed by atoms with Crippen LogP contribution < -0.4 is 11.2 Å². The highest BCUT2D eigenvalue weighted by molar-refractivity contribution is 6.74. The largest absolute Gasteiger partial charge is 0.414 e. The zero-order chi connectivity index (χ0) is 48.4. The van der Waals surface area contributed by atoms with Crippen LogP contribution in [0.25, 0.3) is 0 Å². The lowest BCUT2D eigenvalue weighted by molar-refractivity contribution is -0.155. The summed E-state index contributed by atoms with van der Waals surface area (Å²) in [5.74, 6) is -0.596. The van der Waals surface area contributed by atoms with Gasteiger partial charge in [-0.3, -0.25) is 19.1 Å². The van der Waals surface area contributed by atoms with E-state index in [-0.39, 0.29) is 61.6 Å². The Bertz CT molecular complexity index is 2260. The zero-order valence-electron chi connectivity index (χ0n) is 40.7. The van der Waals surface area contributed by atoms with Crippen molar-refractivity contribution in [3.05, 3.63) is 104 Å². The minimum Gasteiger partial charge on any atom is -0.414 e. The maximum Gasteiger partial charge on any atom is 0.335 e. The van der Waals surface area contributed by atoms with Gasteiger partial charge in [-0.2, -0.15) is 0 Å². The van der Waals surface area contributed by atoms with Crippen molar-refractivity contribution in [3.8, 4) is 0 Å². The molecule has 2 aromatic carbocycles. The second-order valence-corrected chi connectivity index (χ2v) is 30.9. The molecule has 16 nitrogen and oxygen atoms in total. The van der Waals surface area contributed by atoms with Crippen molar-refractivity contribution in [2.24, 2.45) is 5.41 Å². The topological polar surface area (TPSA) is 180 Å². The standard InChI is InChI=1S/C48H72N4O12Si2/c1-46(2,3)65(8,9)61-29-39-37(64-66(10,11)47(4,5)6)23-41(63-39)49-25-35(42(55)51(44(49)57)31-59-27-33-18-14-12-15-19-33)24-48(7)30-50(40-22-36(54)38(26-53)62-40)45(58)52(43(48)56)32-60-28-34-20-16-13-17-21-34/h12-21,25,36-41,53-54H,22-24,26-32H2,1-11H3/t36-,37-,38-,39-,40-,41-,48-/m1/s1. The Kier molecular flexibility index (Phi) is 15.9. The van der Waals surface area contributed by atoms with E-state index in [4.69, 9.17) is 27.8 Å². The summed E-state index contributed by atoms with van der Waals surface area (Å²) in [5.41, 5.74) is -0.996. The molecule has 3 aliphatic rings. The quantitative estimate of drug-likeness (QED) is 0.135. The van der Waals surface area contributed by atoms with E-state index in [2.05, 4.69) is 67.7 Å². The number of nitrogens with zero attached hydrogens (tertiary/aromatic N) is 4.